The van der Waals surface area contributed by atoms with Crippen LogP contribution in [-0.2, 0) is 4.74 Å². The van der Waals surface area contributed by atoms with Gasteiger partial charge in [0.1, 0.15) is 0 Å². The van der Waals surface area contributed by atoms with Crippen LogP contribution in [0.4, 0.5) is 0 Å². The molecule has 0 aromatic carbocycles. The molecular formula is C13H27NO. The molecule has 0 aliphatic carbocycles. The van der Waals surface area contributed by atoms with Crippen LogP contribution in [-0.4, -0.2) is 24.3 Å². The monoisotopic (exact) mass is 213 g/mol. The van der Waals surface area contributed by atoms with Crippen molar-refractivity contribution in [2.24, 2.45) is 0 Å². The third-order valence-corrected chi connectivity index (χ3v) is 3.80. The van der Waals surface area contributed by atoms with Crippen LogP contribution in [0.2, 0.25) is 0 Å². The average molecular weight is 213 g/mol. The first-order valence-electron chi connectivity index (χ1n) is 6.53. The number of ether oxygens (including phenoxy) is 1. The summed E-state index contributed by atoms with van der Waals surface area (Å²) in [5.74, 6) is 0. The first-order valence-corrected chi connectivity index (χ1v) is 6.53. The van der Waals surface area contributed by atoms with Crippen molar-refractivity contribution >= 4 is 0 Å². The average Bonchev–Trinajstić information content (AvgIpc) is 2.26. The van der Waals surface area contributed by atoms with E-state index in [1.807, 2.05) is 0 Å². The molecule has 1 N–H and O–H groups in total. The lowest BCUT2D eigenvalue weighted by molar-refractivity contribution is -0.0791. The van der Waals surface area contributed by atoms with Crippen molar-refractivity contribution in [3.63, 3.8) is 0 Å². The Morgan fingerprint density at radius 3 is 2.53 bits per heavy atom. The normalized spacial score (nSPS) is 32.2. The number of hydrogen-bond acceptors (Lipinski definition) is 2. The summed E-state index contributed by atoms with van der Waals surface area (Å²) >= 11 is 0. The van der Waals surface area contributed by atoms with Gasteiger partial charge in [-0.15, -0.1) is 0 Å². The molecular weight excluding hydrogens is 186 g/mol. The molecule has 1 heterocycles. The quantitative estimate of drug-likeness (QED) is 0.757. The molecule has 0 aromatic heterocycles. The van der Waals surface area contributed by atoms with Gasteiger partial charge in [0, 0.05) is 18.7 Å². The molecule has 2 atom stereocenters. The Morgan fingerprint density at radius 1 is 1.33 bits per heavy atom. The first-order chi connectivity index (χ1) is 7.13. The molecule has 15 heavy (non-hydrogen) atoms. The summed E-state index contributed by atoms with van der Waals surface area (Å²) < 4.78 is 5.85. The molecule has 0 amide bonds. The first kappa shape index (κ1) is 13.0. The third kappa shape index (κ3) is 3.76. The van der Waals surface area contributed by atoms with Gasteiger partial charge in [-0.05, 0) is 39.0 Å². The van der Waals surface area contributed by atoms with E-state index in [0.717, 1.165) is 13.0 Å². The van der Waals surface area contributed by atoms with Crippen molar-refractivity contribution in [1.82, 2.24) is 5.32 Å². The highest BCUT2D eigenvalue weighted by Gasteiger charge is 2.31. The maximum Gasteiger partial charge on any atom is 0.0666 e. The number of rotatable bonds is 5. The second-order valence-corrected chi connectivity index (χ2v) is 5.02. The Kier molecular flexibility index (Phi) is 5.07. The molecule has 1 rings (SSSR count). The molecule has 2 heteroatoms. The van der Waals surface area contributed by atoms with Crippen LogP contribution in [0.3, 0.4) is 0 Å². The van der Waals surface area contributed by atoms with E-state index >= 15 is 0 Å². The van der Waals surface area contributed by atoms with Crippen molar-refractivity contribution in [3.05, 3.63) is 0 Å². The second kappa shape index (κ2) is 5.86. The largest absolute Gasteiger partial charge is 0.375 e. The zero-order valence-corrected chi connectivity index (χ0v) is 10.8. The summed E-state index contributed by atoms with van der Waals surface area (Å²) in [4.78, 5) is 0. The molecule has 0 radical (unpaired) electrons. The van der Waals surface area contributed by atoms with Crippen LogP contribution < -0.4 is 5.32 Å². The molecule has 1 saturated heterocycles. The van der Waals surface area contributed by atoms with Gasteiger partial charge in [-0.25, -0.2) is 0 Å². The van der Waals surface area contributed by atoms with Gasteiger partial charge in [0.25, 0.3) is 0 Å². The van der Waals surface area contributed by atoms with E-state index in [1.165, 1.54) is 25.7 Å². The minimum atomic E-state index is 0.113. The molecule has 0 aromatic rings. The topological polar surface area (TPSA) is 21.3 Å². The van der Waals surface area contributed by atoms with Crippen molar-refractivity contribution in [2.75, 3.05) is 6.61 Å². The van der Waals surface area contributed by atoms with Crippen LogP contribution in [0.15, 0.2) is 0 Å². The predicted octanol–water partition coefficient (Wildman–Crippen LogP) is 3.11. The Balaban J connectivity index is 2.42. The highest BCUT2D eigenvalue weighted by atomic mass is 16.5. The van der Waals surface area contributed by atoms with E-state index in [2.05, 4.69) is 33.0 Å². The minimum Gasteiger partial charge on any atom is -0.375 e. The highest BCUT2D eigenvalue weighted by Crippen LogP contribution is 2.28. The summed E-state index contributed by atoms with van der Waals surface area (Å²) in [5, 5.41) is 3.76. The standard InChI is InChI=1S/C13H27NO/c1-5-11(6-2)14-12-8-9-15-13(4,7-3)10-12/h11-12,14H,5-10H2,1-4H3. The van der Waals surface area contributed by atoms with E-state index < -0.39 is 0 Å². The summed E-state index contributed by atoms with van der Waals surface area (Å²) in [6.07, 6.45) is 5.92. The van der Waals surface area contributed by atoms with E-state index in [9.17, 15) is 0 Å². The fraction of sp³-hybridized carbons (Fsp3) is 1.00. The molecule has 2 nitrogen and oxygen atoms in total. The van der Waals surface area contributed by atoms with Crippen LogP contribution in [0.1, 0.15) is 59.8 Å². The van der Waals surface area contributed by atoms with E-state index in [4.69, 9.17) is 4.74 Å². The molecule has 0 saturated carbocycles. The Labute approximate surface area is 94.8 Å². The van der Waals surface area contributed by atoms with Gasteiger partial charge in [0.15, 0.2) is 0 Å². The fourth-order valence-corrected chi connectivity index (χ4v) is 2.38. The molecule has 90 valence electrons. The molecule has 2 unspecified atom stereocenters. The second-order valence-electron chi connectivity index (χ2n) is 5.02. The van der Waals surface area contributed by atoms with Crippen molar-refractivity contribution < 1.29 is 4.74 Å². The van der Waals surface area contributed by atoms with Crippen LogP contribution in [0, 0.1) is 0 Å². The van der Waals surface area contributed by atoms with Gasteiger partial charge in [-0.3, -0.25) is 0 Å². The summed E-state index contributed by atoms with van der Waals surface area (Å²) in [6, 6.07) is 1.35. The molecule has 0 spiro atoms. The van der Waals surface area contributed by atoms with E-state index in [0.29, 0.717) is 12.1 Å². The van der Waals surface area contributed by atoms with Crippen LogP contribution in [0.25, 0.3) is 0 Å². The number of hydrogen-bond donors (Lipinski definition) is 1. The Morgan fingerprint density at radius 2 is 2.00 bits per heavy atom. The SMILES string of the molecule is CCC(CC)NC1CCOC(C)(CC)C1. The van der Waals surface area contributed by atoms with E-state index in [-0.39, 0.29) is 5.60 Å². The van der Waals surface area contributed by atoms with Gasteiger partial charge < -0.3 is 10.1 Å². The fourth-order valence-electron chi connectivity index (χ4n) is 2.38. The predicted molar refractivity (Wildman–Crippen MR) is 65.2 cm³/mol. The lowest BCUT2D eigenvalue weighted by Gasteiger charge is -2.39. The zero-order valence-electron chi connectivity index (χ0n) is 10.8. The van der Waals surface area contributed by atoms with Crippen molar-refractivity contribution in [2.45, 2.75) is 77.5 Å². The molecule has 0 bridgehead atoms. The Hall–Kier alpha value is -0.0800. The van der Waals surface area contributed by atoms with Crippen molar-refractivity contribution in [3.8, 4) is 0 Å². The smallest absolute Gasteiger partial charge is 0.0666 e. The number of nitrogens with one attached hydrogen (secondary N) is 1. The maximum absolute atomic E-state index is 5.85. The van der Waals surface area contributed by atoms with Crippen LogP contribution in [0.5, 0.6) is 0 Å². The summed E-state index contributed by atoms with van der Waals surface area (Å²) in [7, 11) is 0. The lowest BCUT2D eigenvalue weighted by Crippen LogP contribution is -2.48. The molecule has 1 fully saturated rings. The van der Waals surface area contributed by atoms with Gasteiger partial charge in [0.05, 0.1) is 5.60 Å². The summed E-state index contributed by atoms with van der Waals surface area (Å²) in [5.41, 5.74) is 0.113. The van der Waals surface area contributed by atoms with Gasteiger partial charge in [0.2, 0.25) is 0 Å². The lowest BCUT2D eigenvalue weighted by atomic mass is 9.89. The minimum absolute atomic E-state index is 0.113. The molecule has 1 aliphatic rings. The third-order valence-electron chi connectivity index (χ3n) is 3.80. The molecule has 1 aliphatic heterocycles. The summed E-state index contributed by atoms with van der Waals surface area (Å²) in [6.45, 7) is 9.91. The van der Waals surface area contributed by atoms with Gasteiger partial charge >= 0.3 is 0 Å². The van der Waals surface area contributed by atoms with Gasteiger partial charge in [-0.1, -0.05) is 20.8 Å². The highest BCUT2D eigenvalue weighted by molar-refractivity contribution is 4.86. The van der Waals surface area contributed by atoms with Crippen molar-refractivity contribution in [1.29, 1.82) is 0 Å². The maximum atomic E-state index is 5.85. The van der Waals surface area contributed by atoms with Gasteiger partial charge in [-0.2, -0.15) is 0 Å². The Bertz CT molecular complexity index is 179. The van der Waals surface area contributed by atoms with E-state index in [1.54, 1.807) is 0 Å². The zero-order chi connectivity index (χ0) is 11.3. The van der Waals surface area contributed by atoms with Crippen LogP contribution >= 0.6 is 0 Å².